The number of ether oxygens (including phenoxy) is 3. The van der Waals surface area contributed by atoms with Crippen LogP contribution in [0.2, 0.25) is 0 Å². The average molecular weight is 722 g/mol. The van der Waals surface area contributed by atoms with Gasteiger partial charge in [-0.15, -0.1) is 0 Å². The Morgan fingerprint density at radius 2 is 1.13 bits per heavy atom. The molecule has 0 saturated heterocycles. The molecular weight excluding hydrogens is 679 g/mol. The van der Waals surface area contributed by atoms with E-state index in [-0.39, 0.29) is 37.1 Å². The first kappa shape index (κ1) is 33.7. The molecule has 4 aliphatic rings. The summed E-state index contributed by atoms with van der Waals surface area (Å²) in [6.45, 7) is 3.92. The van der Waals surface area contributed by atoms with Crippen molar-refractivity contribution in [1.29, 1.82) is 0 Å². The van der Waals surface area contributed by atoms with Crippen LogP contribution in [-0.4, -0.2) is 58.2 Å². The summed E-state index contributed by atoms with van der Waals surface area (Å²) in [6.07, 6.45) is 1.66. The minimum Gasteiger partial charge on any atom is -0.493 e. The van der Waals surface area contributed by atoms with Gasteiger partial charge in [-0.1, -0.05) is 36.4 Å². The van der Waals surface area contributed by atoms with Gasteiger partial charge in [0, 0.05) is 56.4 Å². The fourth-order valence-corrected chi connectivity index (χ4v) is 8.76. The number of likely N-dealkylation sites (N-methyl/N-ethyl adjacent to an activating group) is 2. The number of rotatable bonds is 7. The molecule has 9 rings (SSSR count). The zero-order chi connectivity index (χ0) is 37.2. The van der Waals surface area contributed by atoms with Crippen molar-refractivity contribution in [2.24, 2.45) is 0 Å². The molecule has 0 aliphatic carbocycles. The highest BCUT2D eigenvalue weighted by molar-refractivity contribution is 6.13. The summed E-state index contributed by atoms with van der Waals surface area (Å²) in [7, 11) is 5.64. The molecule has 0 saturated carbocycles. The van der Waals surface area contributed by atoms with Crippen molar-refractivity contribution in [1.82, 2.24) is 0 Å². The second-order valence-corrected chi connectivity index (χ2v) is 14.9. The molecule has 0 spiro atoms. The van der Waals surface area contributed by atoms with Gasteiger partial charge in [0.2, 0.25) is 0 Å². The minimum atomic E-state index is -0.0382. The Morgan fingerprint density at radius 3 is 1.69 bits per heavy atom. The van der Waals surface area contributed by atoms with E-state index in [0.717, 1.165) is 58.8 Å². The SMILES string of the molecule is COc1cc2c(cc1OCc1cc(N)cc(COc3cc4c(cc3C)C(=O)N3c5ccccc5C[C@H]3CN4C)c1)N(C)C[C@@H]1Cc3ccccc3N1C2=O. The van der Waals surface area contributed by atoms with E-state index in [1.807, 2.05) is 104 Å². The molecule has 2 amide bonds. The van der Waals surface area contributed by atoms with E-state index in [9.17, 15) is 9.59 Å². The van der Waals surface area contributed by atoms with Crippen LogP contribution >= 0.6 is 0 Å². The lowest BCUT2D eigenvalue weighted by Gasteiger charge is -2.25. The largest absolute Gasteiger partial charge is 0.493 e. The van der Waals surface area contributed by atoms with Crippen molar-refractivity contribution in [3.05, 3.63) is 130 Å². The second kappa shape index (κ2) is 13.1. The Morgan fingerprint density at radius 1 is 0.630 bits per heavy atom. The number of carbonyl (C=O) groups is 2. The van der Waals surface area contributed by atoms with Crippen LogP contribution in [0.1, 0.15) is 48.5 Å². The summed E-state index contributed by atoms with van der Waals surface area (Å²) < 4.78 is 18.6. The van der Waals surface area contributed by atoms with E-state index in [1.165, 1.54) is 11.1 Å². The maximum atomic E-state index is 14.0. The molecule has 4 aliphatic heterocycles. The number of hydrogen-bond acceptors (Lipinski definition) is 8. The number of amides is 2. The number of hydrogen-bond donors (Lipinski definition) is 1. The van der Waals surface area contributed by atoms with Gasteiger partial charge in [0.1, 0.15) is 19.0 Å². The Labute approximate surface area is 315 Å². The molecular formula is C44H43N5O5. The molecule has 2 N–H and O–H groups in total. The van der Waals surface area contributed by atoms with Crippen LogP contribution in [-0.2, 0) is 26.1 Å². The highest BCUT2D eigenvalue weighted by Gasteiger charge is 2.40. The zero-order valence-electron chi connectivity index (χ0n) is 31.0. The fourth-order valence-electron chi connectivity index (χ4n) is 8.76. The van der Waals surface area contributed by atoms with Crippen LogP contribution < -0.4 is 39.5 Å². The molecule has 10 nitrogen and oxygen atoms in total. The Balaban J connectivity index is 0.925. The predicted octanol–water partition coefficient (Wildman–Crippen LogP) is 6.79. The van der Waals surface area contributed by atoms with Gasteiger partial charge >= 0.3 is 0 Å². The molecule has 54 heavy (non-hydrogen) atoms. The van der Waals surface area contributed by atoms with Gasteiger partial charge in [-0.3, -0.25) is 9.59 Å². The quantitative estimate of drug-likeness (QED) is 0.184. The highest BCUT2D eigenvalue weighted by Crippen LogP contribution is 2.43. The van der Waals surface area contributed by atoms with E-state index in [4.69, 9.17) is 19.9 Å². The Bertz CT molecular complexity index is 2340. The second-order valence-electron chi connectivity index (χ2n) is 14.9. The van der Waals surface area contributed by atoms with Crippen LogP contribution in [0.25, 0.3) is 0 Å². The molecule has 0 unspecified atom stereocenters. The molecule has 0 fully saturated rings. The van der Waals surface area contributed by atoms with Crippen molar-refractivity contribution in [3.8, 4) is 17.2 Å². The number of nitrogens with zero attached hydrogens (tertiary/aromatic N) is 4. The first-order valence-corrected chi connectivity index (χ1v) is 18.4. The van der Waals surface area contributed by atoms with Gasteiger partial charge in [0.15, 0.2) is 11.5 Å². The van der Waals surface area contributed by atoms with Crippen LogP contribution in [0.15, 0.2) is 91.0 Å². The van der Waals surface area contributed by atoms with Crippen molar-refractivity contribution in [3.63, 3.8) is 0 Å². The van der Waals surface area contributed by atoms with E-state index in [0.29, 0.717) is 40.6 Å². The fraction of sp³-hybridized carbons (Fsp3) is 0.273. The monoisotopic (exact) mass is 721 g/mol. The van der Waals surface area contributed by atoms with E-state index in [2.05, 4.69) is 21.9 Å². The summed E-state index contributed by atoms with van der Waals surface area (Å²) in [4.78, 5) is 36.1. The average Bonchev–Trinajstić information content (AvgIpc) is 3.67. The molecule has 5 aromatic rings. The van der Waals surface area contributed by atoms with Gasteiger partial charge in [0.05, 0.1) is 41.7 Å². The summed E-state index contributed by atoms with van der Waals surface area (Å²) in [5.41, 5.74) is 16.9. The molecule has 2 atom stereocenters. The molecule has 10 heteroatoms. The third kappa shape index (κ3) is 5.64. The number of benzene rings is 5. The van der Waals surface area contributed by atoms with Gasteiger partial charge < -0.3 is 39.5 Å². The Hall–Kier alpha value is -6.16. The van der Waals surface area contributed by atoms with Crippen LogP contribution in [0.5, 0.6) is 17.2 Å². The van der Waals surface area contributed by atoms with Crippen LogP contribution in [0.4, 0.5) is 28.4 Å². The normalized spacial score (nSPS) is 18.2. The molecule has 0 aromatic heterocycles. The first-order chi connectivity index (χ1) is 26.2. The minimum absolute atomic E-state index is 0.0230. The first-order valence-electron chi connectivity index (χ1n) is 18.4. The van der Waals surface area contributed by atoms with Gasteiger partial charge in [-0.05, 0) is 90.0 Å². The zero-order valence-corrected chi connectivity index (χ0v) is 31.0. The summed E-state index contributed by atoms with van der Waals surface area (Å²) in [6, 6.07) is 29.9. The molecule has 5 aromatic carbocycles. The lowest BCUT2D eigenvalue weighted by Crippen LogP contribution is -2.41. The highest BCUT2D eigenvalue weighted by atomic mass is 16.5. The maximum Gasteiger partial charge on any atom is 0.260 e. The number of nitrogen functional groups attached to an aromatic ring is 1. The van der Waals surface area contributed by atoms with Gasteiger partial charge in [-0.2, -0.15) is 0 Å². The van der Waals surface area contributed by atoms with Crippen LogP contribution in [0, 0.1) is 6.92 Å². The number of methoxy groups -OCH3 is 1. The van der Waals surface area contributed by atoms with Crippen molar-refractivity contribution >= 4 is 40.3 Å². The summed E-state index contributed by atoms with van der Waals surface area (Å²) in [5.74, 6) is 1.73. The number of nitrogens with two attached hydrogens (primary N) is 1. The number of fused-ring (bicyclic) bond motifs is 8. The predicted molar refractivity (Wildman–Crippen MR) is 212 cm³/mol. The smallest absolute Gasteiger partial charge is 0.260 e. The van der Waals surface area contributed by atoms with E-state index >= 15 is 0 Å². The van der Waals surface area contributed by atoms with Crippen molar-refractivity contribution in [2.75, 3.05) is 59.6 Å². The Kier molecular flexibility index (Phi) is 8.14. The summed E-state index contributed by atoms with van der Waals surface area (Å²) >= 11 is 0. The van der Waals surface area contributed by atoms with Crippen LogP contribution in [0.3, 0.4) is 0 Å². The number of anilines is 5. The standard InChI is InChI=1S/C44H43N5O5/c1-26-13-34-38(46(2)22-32-17-29-9-5-7-11-36(29)48(32)43(34)50)20-40(26)53-24-27-14-28(16-31(45)15-27)25-54-42-21-39-35(19-41(42)52-4)44(51)49-33(23-47(39)3)18-30-10-6-8-12-37(30)49/h5-16,19-21,32-33H,17-18,22-25,45H2,1-4H3/t32-,33-/m0/s1. The van der Waals surface area contributed by atoms with E-state index in [1.54, 1.807) is 13.2 Å². The molecule has 0 bridgehead atoms. The van der Waals surface area contributed by atoms with Crippen molar-refractivity contribution < 1.29 is 23.8 Å². The van der Waals surface area contributed by atoms with Gasteiger partial charge in [-0.25, -0.2) is 0 Å². The molecule has 274 valence electrons. The third-order valence-electron chi connectivity index (χ3n) is 11.3. The summed E-state index contributed by atoms with van der Waals surface area (Å²) in [5, 5.41) is 0. The van der Waals surface area contributed by atoms with E-state index < -0.39 is 0 Å². The maximum absolute atomic E-state index is 14.0. The molecule has 4 heterocycles. The number of para-hydroxylation sites is 2. The van der Waals surface area contributed by atoms with Crippen molar-refractivity contribution in [2.45, 2.75) is 45.1 Å². The third-order valence-corrected chi connectivity index (χ3v) is 11.3. The molecule has 0 radical (unpaired) electrons. The number of carbonyl (C=O) groups excluding carboxylic acids is 2. The lowest BCUT2D eigenvalue weighted by molar-refractivity contribution is 0.0975. The van der Waals surface area contributed by atoms with Gasteiger partial charge in [0.25, 0.3) is 11.8 Å². The topological polar surface area (TPSA) is 101 Å². The lowest BCUT2D eigenvalue weighted by atomic mass is 10.1. The number of aryl methyl sites for hydroxylation is 1.